The smallest absolute Gasteiger partial charge is 0.435 e. The van der Waals surface area contributed by atoms with Crippen molar-refractivity contribution in [2.24, 2.45) is 0 Å². The van der Waals surface area contributed by atoms with Crippen molar-refractivity contribution in [3.05, 3.63) is 23.6 Å². The molecule has 0 saturated carbocycles. The Morgan fingerprint density at radius 3 is 2.32 bits per heavy atom. The molecule has 0 aliphatic heterocycles. The monoisotopic (exact) mass is 538 g/mol. The van der Waals surface area contributed by atoms with Crippen molar-refractivity contribution in [1.82, 2.24) is 9.78 Å². The van der Waals surface area contributed by atoms with E-state index < -0.39 is 43.8 Å². The topological polar surface area (TPSA) is 101 Å². The lowest BCUT2D eigenvalue weighted by Crippen LogP contribution is -2.33. The van der Waals surface area contributed by atoms with Crippen LogP contribution in [0.3, 0.4) is 0 Å². The van der Waals surface area contributed by atoms with Gasteiger partial charge in [-0.15, -0.1) is 5.54 Å². The van der Waals surface area contributed by atoms with Crippen molar-refractivity contribution in [1.29, 1.82) is 0 Å². The third-order valence-electron chi connectivity index (χ3n) is 4.49. The fourth-order valence-electron chi connectivity index (χ4n) is 2.90. The number of carbonyl (C=O) groups excluding carboxylic acids is 1. The van der Waals surface area contributed by atoms with Crippen LogP contribution in [-0.2, 0) is 18.9 Å². The Morgan fingerprint density at radius 1 is 1.14 bits per heavy atom. The van der Waals surface area contributed by atoms with E-state index in [-0.39, 0.29) is 24.7 Å². The Hall–Kier alpha value is -2.49. The number of nitrogens with zero attached hydrogens (tertiary/aromatic N) is 2. The van der Waals surface area contributed by atoms with Crippen molar-refractivity contribution in [2.75, 3.05) is 20.3 Å². The van der Waals surface area contributed by atoms with Crippen LogP contribution in [0.1, 0.15) is 47.2 Å². The van der Waals surface area contributed by atoms with Gasteiger partial charge in [0, 0.05) is 18.6 Å². The Bertz CT molecular complexity index is 1150. The van der Waals surface area contributed by atoms with Crippen LogP contribution in [0.5, 0.6) is 5.75 Å². The molecule has 2 unspecified atom stereocenters. The van der Waals surface area contributed by atoms with E-state index in [0.717, 1.165) is 4.68 Å². The van der Waals surface area contributed by atoms with Crippen molar-refractivity contribution in [3.8, 4) is 17.2 Å². The van der Waals surface area contributed by atoms with E-state index in [9.17, 15) is 9.90 Å². The molecule has 0 spiro atoms. The number of methoxy groups -OCH3 is 1. The number of halogens is 1. The highest BCUT2D eigenvalue weighted by Crippen LogP contribution is 2.28. The SMILES string of the molecule is COC(COc1cc2c(cc1F)c(C#C[Si](C)(C)C)nn2C(=O)OC(C)(C)C)COC(O)OC(C)(C)C. The Kier molecular flexibility index (Phi) is 9.90. The van der Waals surface area contributed by atoms with Crippen LogP contribution in [0, 0.1) is 17.3 Å². The summed E-state index contributed by atoms with van der Waals surface area (Å²) in [6, 6.07) is 2.62. The van der Waals surface area contributed by atoms with Gasteiger partial charge < -0.3 is 28.8 Å². The first-order valence-electron chi connectivity index (χ1n) is 12.0. The molecule has 0 amide bonds. The summed E-state index contributed by atoms with van der Waals surface area (Å²) in [6.07, 6.45) is -1.35. The van der Waals surface area contributed by atoms with E-state index in [4.69, 9.17) is 23.7 Å². The fourth-order valence-corrected chi connectivity index (χ4v) is 3.40. The molecule has 0 aliphatic carbocycles. The van der Waals surface area contributed by atoms with Crippen molar-refractivity contribution in [2.45, 2.75) is 85.0 Å². The molecule has 1 aromatic heterocycles. The summed E-state index contributed by atoms with van der Waals surface area (Å²) in [4.78, 5) is 12.9. The second-order valence-electron chi connectivity index (χ2n) is 11.6. The maximum atomic E-state index is 15.1. The molecule has 2 aromatic rings. The van der Waals surface area contributed by atoms with E-state index in [1.54, 1.807) is 41.5 Å². The van der Waals surface area contributed by atoms with E-state index in [0.29, 0.717) is 10.9 Å². The Balaban J connectivity index is 2.33. The van der Waals surface area contributed by atoms with Gasteiger partial charge in [0.05, 0.1) is 17.7 Å². The van der Waals surface area contributed by atoms with Crippen molar-refractivity contribution >= 4 is 25.1 Å². The second-order valence-corrected chi connectivity index (χ2v) is 16.3. The molecule has 2 rings (SSSR count). The van der Waals surface area contributed by atoms with Crippen molar-refractivity contribution in [3.63, 3.8) is 0 Å². The van der Waals surface area contributed by atoms with Gasteiger partial charge >= 0.3 is 6.09 Å². The minimum atomic E-state index is -1.76. The normalized spacial score (nSPS) is 14.2. The summed E-state index contributed by atoms with van der Waals surface area (Å²) in [7, 11) is -0.325. The number of rotatable bonds is 8. The van der Waals surface area contributed by atoms with E-state index >= 15 is 4.39 Å². The quantitative estimate of drug-likeness (QED) is 0.294. The minimum Gasteiger partial charge on any atom is -0.488 e. The van der Waals surface area contributed by atoms with E-state index in [1.807, 2.05) is 0 Å². The van der Waals surface area contributed by atoms with Gasteiger partial charge in [-0.3, -0.25) is 0 Å². The Morgan fingerprint density at radius 2 is 1.78 bits per heavy atom. The third kappa shape index (κ3) is 10.1. The molecule has 206 valence electrons. The molecule has 2 atom stereocenters. The Labute approximate surface area is 219 Å². The van der Waals surface area contributed by atoms with Gasteiger partial charge in [0.1, 0.15) is 32.1 Å². The summed E-state index contributed by atoms with van der Waals surface area (Å²) in [5.74, 6) is 2.24. The molecule has 0 saturated heterocycles. The molecule has 1 N–H and O–H groups in total. The first-order valence-corrected chi connectivity index (χ1v) is 15.5. The van der Waals surface area contributed by atoms with Crippen molar-refractivity contribution < 1.29 is 38.0 Å². The molecule has 0 fully saturated rings. The first kappa shape index (κ1) is 30.7. The zero-order chi connectivity index (χ0) is 28.2. The highest BCUT2D eigenvalue weighted by molar-refractivity contribution is 6.83. The molecule has 9 nitrogen and oxygen atoms in total. The highest BCUT2D eigenvalue weighted by atomic mass is 28.3. The molecule has 1 heterocycles. The zero-order valence-corrected chi connectivity index (χ0v) is 24.4. The highest BCUT2D eigenvalue weighted by Gasteiger charge is 2.24. The van der Waals surface area contributed by atoms with E-state index in [2.05, 4.69) is 36.2 Å². The molecule has 0 radical (unpaired) electrons. The summed E-state index contributed by atoms with van der Waals surface area (Å²) in [5.41, 5.74) is 2.41. The number of aliphatic hydroxyl groups excluding tert-OH is 1. The third-order valence-corrected chi connectivity index (χ3v) is 5.37. The van der Waals surface area contributed by atoms with Crippen LogP contribution >= 0.6 is 0 Å². The van der Waals surface area contributed by atoms with Crippen LogP contribution in [-0.4, -0.2) is 73.2 Å². The lowest BCUT2D eigenvalue weighted by molar-refractivity contribution is -0.304. The van der Waals surface area contributed by atoms with Gasteiger partial charge in [-0.25, -0.2) is 9.18 Å². The number of benzene rings is 1. The van der Waals surface area contributed by atoms with Crippen LogP contribution in [0.2, 0.25) is 19.6 Å². The van der Waals surface area contributed by atoms with Crippen LogP contribution in [0.15, 0.2) is 12.1 Å². The second kappa shape index (κ2) is 11.9. The summed E-state index contributed by atoms with van der Waals surface area (Å²) >= 11 is 0. The largest absolute Gasteiger partial charge is 0.488 e. The maximum Gasteiger partial charge on any atom is 0.435 e. The number of aliphatic hydroxyl groups is 1. The number of aromatic nitrogens is 2. The van der Waals surface area contributed by atoms with Crippen LogP contribution in [0.4, 0.5) is 9.18 Å². The van der Waals surface area contributed by atoms with Crippen LogP contribution in [0.25, 0.3) is 10.9 Å². The number of ether oxygens (including phenoxy) is 5. The van der Waals surface area contributed by atoms with Gasteiger partial charge in [-0.05, 0) is 47.6 Å². The number of hydrogen-bond acceptors (Lipinski definition) is 8. The number of hydrogen-bond donors (Lipinski definition) is 1. The van der Waals surface area contributed by atoms with Gasteiger partial charge in [0.25, 0.3) is 6.48 Å². The molecule has 1 aromatic carbocycles. The molecule has 11 heteroatoms. The summed E-state index contributed by atoms with van der Waals surface area (Å²) in [5, 5.41) is 14.6. The molecule has 37 heavy (non-hydrogen) atoms. The molecule has 0 aliphatic rings. The predicted octanol–water partition coefficient (Wildman–Crippen LogP) is 4.69. The van der Waals surface area contributed by atoms with Gasteiger partial charge in [0.15, 0.2) is 11.6 Å². The minimum absolute atomic E-state index is 0.0656. The summed E-state index contributed by atoms with van der Waals surface area (Å²) < 4.78 is 43.1. The molecule has 0 bridgehead atoms. The first-order chi connectivity index (χ1) is 16.9. The maximum absolute atomic E-state index is 15.1. The zero-order valence-electron chi connectivity index (χ0n) is 23.4. The number of fused-ring (bicyclic) bond motifs is 1. The average Bonchev–Trinajstić information content (AvgIpc) is 3.07. The fraction of sp³-hybridized carbons (Fsp3) is 0.615. The lowest BCUT2D eigenvalue weighted by Gasteiger charge is -2.25. The molecular formula is C26H39FN2O7Si. The van der Waals surface area contributed by atoms with Gasteiger partial charge in [-0.2, -0.15) is 9.78 Å². The average molecular weight is 539 g/mol. The summed E-state index contributed by atoms with van der Waals surface area (Å²) in [6.45, 7) is 15.2. The van der Waals surface area contributed by atoms with Gasteiger partial charge in [0.2, 0.25) is 0 Å². The number of carbonyl (C=O) groups is 1. The van der Waals surface area contributed by atoms with Crippen LogP contribution < -0.4 is 4.74 Å². The lowest BCUT2D eigenvalue weighted by atomic mass is 10.2. The van der Waals surface area contributed by atoms with E-state index in [1.165, 1.54) is 19.2 Å². The standard InChI is InChI=1S/C26H39FN2O7Si/c1-25(2,3)35-23(30)29-21-14-22(19(27)13-18(21)20(28-29)11-12-37(8,9)10)33-15-17(32-7)16-34-24(31)36-26(4,5)6/h13-14,17,24,31H,15-16H2,1-10H3. The molecular weight excluding hydrogens is 499 g/mol. The van der Waals surface area contributed by atoms with Gasteiger partial charge in [-0.1, -0.05) is 25.6 Å². The predicted molar refractivity (Wildman–Crippen MR) is 141 cm³/mol.